The molecule has 0 aromatic heterocycles. The van der Waals surface area contributed by atoms with Crippen LogP contribution in [0.5, 0.6) is 0 Å². The summed E-state index contributed by atoms with van der Waals surface area (Å²) < 4.78 is 0. The second kappa shape index (κ2) is 3.90. The van der Waals surface area contributed by atoms with Crippen LogP contribution in [0.15, 0.2) is 0 Å². The molecule has 0 amide bonds. The lowest BCUT2D eigenvalue weighted by Gasteiger charge is -2.41. The van der Waals surface area contributed by atoms with Gasteiger partial charge < -0.3 is 5.11 Å². The molecule has 80 valence electrons. The van der Waals surface area contributed by atoms with Crippen LogP contribution in [0.2, 0.25) is 0 Å². The van der Waals surface area contributed by atoms with Gasteiger partial charge in [-0.2, -0.15) is 5.26 Å². The highest BCUT2D eigenvalue weighted by atomic mass is 16.3. The summed E-state index contributed by atoms with van der Waals surface area (Å²) in [4.78, 5) is 0. The molecule has 1 aliphatic carbocycles. The van der Waals surface area contributed by atoms with Crippen molar-refractivity contribution < 1.29 is 5.11 Å². The van der Waals surface area contributed by atoms with Crippen LogP contribution in [0.25, 0.3) is 0 Å². The quantitative estimate of drug-likeness (QED) is 0.752. The van der Waals surface area contributed by atoms with Gasteiger partial charge in [0.05, 0.1) is 17.1 Å². The largest absolute Gasteiger partial charge is 0.388 e. The Morgan fingerprint density at radius 2 is 2.21 bits per heavy atom. The number of rotatable bonds is 3. The Hall–Kier alpha value is -0.550. The third-order valence-corrected chi connectivity index (χ3v) is 4.19. The molecule has 0 aliphatic heterocycles. The third-order valence-electron chi connectivity index (χ3n) is 4.19. The number of aliphatic hydroxyl groups is 1. The van der Waals surface area contributed by atoms with Crippen molar-refractivity contribution in [3.8, 4) is 6.07 Å². The Bertz CT molecular complexity index is 245. The number of hydrogen-bond donors (Lipinski definition) is 1. The van der Waals surface area contributed by atoms with Crippen LogP contribution >= 0.6 is 0 Å². The lowest BCUT2D eigenvalue weighted by atomic mass is 9.66. The third kappa shape index (κ3) is 1.44. The first-order valence-electron chi connectivity index (χ1n) is 5.67. The van der Waals surface area contributed by atoms with Crippen molar-refractivity contribution in [3.05, 3.63) is 0 Å². The molecule has 1 N–H and O–H groups in total. The van der Waals surface area contributed by atoms with Gasteiger partial charge in [0.15, 0.2) is 0 Å². The Morgan fingerprint density at radius 1 is 1.57 bits per heavy atom. The van der Waals surface area contributed by atoms with Crippen LogP contribution in [0.3, 0.4) is 0 Å². The van der Waals surface area contributed by atoms with Gasteiger partial charge in [-0.3, -0.25) is 0 Å². The molecule has 0 bridgehead atoms. The number of nitriles is 1. The van der Waals surface area contributed by atoms with Crippen LogP contribution in [0.4, 0.5) is 0 Å². The minimum Gasteiger partial charge on any atom is -0.388 e. The van der Waals surface area contributed by atoms with Crippen LogP contribution in [-0.2, 0) is 0 Å². The van der Waals surface area contributed by atoms with Gasteiger partial charge in [0.2, 0.25) is 0 Å². The molecule has 0 saturated heterocycles. The van der Waals surface area contributed by atoms with E-state index in [1.54, 1.807) is 0 Å². The van der Waals surface area contributed by atoms with Gasteiger partial charge in [-0.05, 0) is 32.1 Å². The van der Waals surface area contributed by atoms with Crippen molar-refractivity contribution in [2.24, 2.45) is 11.3 Å². The van der Waals surface area contributed by atoms with E-state index in [1.165, 1.54) is 0 Å². The molecule has 3 atom stereocenters. The molecule has 0 aromatic carbocycles. The van der Waals surface area contributed by atoms with E-state index in [2.05, 4.69) is 13.0 Å². The molecule has 0 spiro atoms. The molecule has 0 heterocycles. The van der Waals surface area contributed by atoms with E-state index >= 15 is 0 Å². The first-order valence-corrected chi connectivity index (χ1v) is 5.67. The summed E-state index contributed by atoms with van der Waals surface area (Å²) in [5, 5.41) is 19.9. The first kappa shape index (κ1) is 11.5. The minimum atomic E-state index is -0.745. The molecule has 1 rings (SSSR count). The van der Waals surface area contributed by atoms with Crippen molar-refractivity contribution >= 4 is 0 Å². The zero-order valence-corrected chi connectivity index (χ0v) is 9.51. The van der Waals surface area contributed by atoms with Crippen LogP contribution in [0, 0.1) is 22.7 Å². The van der Waals surface area contributed by atoms with Gasteiger partial charge >= 0.3 is 0 Å². The summed E-state index contributed by atoms with van der Waals surface area (Å²) in [6.07, 6.45) is 4.64. The summed E-state index contributed by atoms with van der Waals surface area (Å²) in [6.45, 7) is 6.00. The number of hydrogen-bond acceptors (Lipinski definition) is 2. The van der Waals surface area contributed by atoms with E-state index in [4.69, 9.17) is 0 Å². The maximum Gasteiger partial charge on any atom is 0.0858 e. The fourth-order valence-electron chi connectivity index (χ4n) is 2.81. The minimum absolute atomic E-state index is 0.312. The van der Waals surface area contributed by atoms with Gasteiger partial charge in [0, 0.05) is 0 Å². The highest BCUT2D eigenvalue weighted by Gasteiger charge is 2.52. The Kier molecular flexibility index (Phi) is 3.21. The summed E-state index contributed by atoms with van der Waals surface area (Å²) in [7, 11) is 0. The second-order valence-corrected chi connectivity index (χ2v) is 4.72. The fourth-order valence-corrected chi connectivity index (χ4v) is 2.81. The first-order chi connectivity index (χ1) is 6.54. The predicted octanol–water partition coefficient (Wildman–Crippen LogP) is 2.87. The molecule has 1 fully saturated rings. The molecule has 2 heteroatoms. The van der Waals surface area contributed by atoms with E-state index < -0.39 is 11.0 Å². The summed E-state index contributed by atoms with van der Waals surface area (Å²) in [5.74, 6) is 0.312. The highest BCUT2D eigenvalue weighted by molar-refractivity contribution is 5.12. The average Bonchev–Trinajstić information content (AvgIpc) is 2.59. The molecule has 1 aliphatic rings. The fraction of sp³-hybridized carbons (Fsp3) is 0.917. The van der Waals surface area contributed by atoms with Crippen molar-refractivity contribution in [3.63, 3.8) is 0 Å². The van der Waals surface area contributed by atoms with Gasteiger partial charge in [-0.1, -0.05) is 26.7 Å². The van der Waals surface area contributed by atoms with Crippen molar-refractivity contribution in [1.82, 2.24) is 0 Å². The Balaban J connectivity index is 2.98. The second-order valence-electron chi connectivity index (χ2n) is 4.72. The normalized spacial score (nSPS) is 36.4. The van der Waals surface area contributed by atoms with E-state index in [1.807, 2.05) is 13.8 Å². The van der Waals surface area contributed by atoms with Crippen LogP contribution in [0.1, 0.15) is 52.9 Å². The van der Waals surface area contributed by atoms with Crippen molar-refractivity contribution in [2.75, 3.05) is 0 Å². The maximum absolute atomic E-state index is 10.6. The van der Waals surface area contributed by atoms with Gasteiger partial charge in [-0.15, -0.1) is 0 Å². The summed E-state index contributed by atoms with van der Waals surface area (Å²) in [5.41, 5.74) is -1.31. The molecular formula is C12H21NO. The van der Waals surface area contributed by atoms with Gasteiger partial charge in [-0.25, -0.2) is 0 Å². The molecule has 1 saturated carbocycles. The number of nitrogens with zero attached hydrogens (tertiary/aromatic N) is 1. The Morgan fingerprint density at radius 3 is 2.64 bits per heavy atom. The molecule has 0 radical (unpaired) electrons. The van der Waals surface area contributed by atoms with Crippen LogP contribution < -0.4 is 0 Å². The smallest absolute Gasteiger partial charge is 0.0858 e. The van der Waals surface area contributed by atoms with E-state index in [0.29, 0.717) is 5.92 Å². The molecule has 14 heavy (non-hydrogen) atoms. The van der Waals surface area contributed by atoms with Gasteiger partial charge in [0.1, 0.15) is 0 Å². The molecular weight excluding hydrogens is 174 g/mol. The monoisotopic (exact) mass is 195 g/mol. The molecule has 2 nitrogen and oxygen atoms in total. The topological polar surface area (TPSA) is 44.0 Å². The standard InChI is InChI=1S/C12H21NO/c1-4-10-7-6-8-12(10,14)11(3,5-2)9-13/h10,14H,4-8H2,1-3H3. The summed E-state index contributed by atoms with van der Waals surface area (Å²) in [6, 6.07) is 2.32. The predicted molar refractivity (Wildman–Crippen MR) is 56.6 cm³/mol. The lowest BCUT2D eigenvalue weighted by molar-refractivity contribution is -0.0805. The zero-order valence-electron chi connectivity index (χ0n) is 9.51. The maximum atomic E-state index is 10.6. The molecule has 0 aromatic rings. The zero-order chi connectivity index (χ0) is 10.8. The highest BCUT2D eigenvalue weighted by Crippen LogP contribution is 2.50. The Labute approximate surface area is 86.9 Å². The van der Waals surface area contributed by atoms with Crippen LogP contribution in [-0.4, -0.2) is 10.7 Å². The van der Waals surface area contributed by atoms with E-state index in [-0.39, 0.29) is 0 Å². The SMILES string of the molecule is CCC1CCCC1(O)C(C)(C#N)CC. The average molecular weight is 195 g/mol. The van der Waals surface area contributed by atoms with E-state index in [9.17, 15) is 10.4 Å². The molecule has 3 unspecified atom stereocenters. The lowest BCUT2D eigenvalue weighted by Crippen LogP contribution is -2.48. The van der Waals surface area contributed by atoms with E-state index in [0.717, 1.165) is 32.1 Å². The van der Waals surface area contributed by atoms with Crippen molar-refractivity contribution in [2.45, 2.75) is 58.5 Å². The summed E-state index contributed by atoms with van der Waals surface area (Å²) >= 11 is 0. The van der Waals surface area contributed by atoms with Crippen molar-refractivity contribution in [1.29, 1.82) is 5.26 Å². The van der Waals surface area contributed by atoms with Gasteiger partial charge in [0.25, 0.3) is 0 Å².